The molecule has 0 saturated carbocycles. The van der Waals surface area contributed by atoms with Crippen LogP contribution in [0.2, 0.25) is 0 Å². The van der Waals surface area contributed by atoms with Crippen LogP contribution in [0.1, 0.15) is 10.4 Å². The number of carbonyl (C=O) groups excluding carboxylic acids is 2. The molecule has 1 atom stereocenters. The van der Waals surface area contributed by atoms with E-state index in [9.17, 15) is 27.0 Å². The first kappa shape index (κ1) is 22.7. The van der Waals surface area contributed by atoms with Crippen molar-refractivity contribution >= 4 is 89.8 Å². The van der Waals surface area contributed by atoms with Crippen molar-refractivity contribution in [3.8, 4) is 11.5 Å². The Morgan fingerprint density at radius 3 is 2.04 bits per heavy atom. The monoisotopic (exact) mass is 731 g/mol. The van der Waals surface area contributed by atoms with E-state index in [2.05, 4.69) is 49.9 Å². The Labute approximate surface area is 194 Å². The lowest BCUT2D eigenvalue weighted by Gasteiger charge is -2.12. The molecule has 0 amide bonds. The summed E-state index contributed by atoms with van der Waals surface area (Å²) in [7, 11) is -5.45. The molecule has 0 saturated heterocycles. The fraction of sp³-hybridized carbons (Fsp3) is 0.0667. The third kappa shape index (κ3) is 6.20. The second kappa shape index (κ2) is 9.27. The number of rotatable bonds is 5. The molecular formula is C15H7FI3O7S-. The number of benzene rings is 2. The van der Waals surface area contributed by atoms with Gasteiger partial charge in [0.15, 0.2) is 0 Å². The molecule has 0 fully saturated rings. The summed E-state index contributed by atoms with van der Waals surface area (Å²) in [6.07, 6.45) is 0. The van der Waals surface area contributed by atoms with Gasteiger partial charge in [-0.15, -0.1) is 0 Å². The Bertz CT molecular complexity index is 993. The number of ether oxygens (including phenoxy) is 2. The van der Waals surface area contributed by atoms with Gasteiger partial charge in [-0.1, -0.05) is 0 Å². The summed E-state index contributed by atoms with van der Waals surface area (Å²) in [5.41, 5.74) is -2.94. The summed E-state index contributed by atoms with van der Waals surface area (Å²) in [6, 6.07) is 8.44. The molecule has 0 bridgehead atoms. The van der Waals surface area contributed by atoms with Crippen molar-refractivity contribution in [3.05, 3.63) is 52.7 Å². The maximum Gasteiger partial charge on any atom is 0.360 e. The van der Waals surface area contributed by atoms with Gasteiger partial charge < -0.3 is 14.0 Å². The van der Waals surface area contributed by atoms with Crippen LogP contribution in [-0.4, -0.2) is 30.4 Å². The highest BCUT2D eigenvalue weighted by Crippen LogP contribution is 2.25. The van der Waals surface area contributed by atoms with Crippen LogP contribution in [0.15, 0.2) is 36.4 Å². The van der Waals surface area contributed by atoms with E-state index >= 15 is 0 Å². The van der Waals surface area contributed by atoms with E-state index < -0.39 is 27.6 Å². The SMILES string of the molecule is O=C(Oc1ccc(OC(=O)C(F)S(=O)(=O)[O-])cc1)c1cc(I)cc(I)c1I. The predicted molar refractivity (Wildman–Crippen MR) is 116 cm³/mol. The van der Waals surface area contributed by atoms with Gasteiger partial charge in [0.2, 0.25) is 0 Å². The summed E-state index contributed by atoms with van der Waals surface area (Å²) in [5.74, 6) is -2.54. The highest BCUT2D eigenvalue weighted by atomic mass is 127. The first-order chi connectivity index (χ1) is 12.5. The van der Waals surface area contributed by atoms with Crippen LogP contribution in [-0.2, 0) is 14.9 Å². The Morgan fingerprint density at radius 1 is 1.00 bits per heavy atom. The van der Waals surface area contributed by atoms with Crippen molar-refractivity contribution in [1.82, 2.24) is 0 Å². The molecule has 12 heteroatoms. The minimum atomic E-state index is -5.45. The summed E-state index contributed by atoms with van der Waals surface area (Å²) >= 11 is 6.21. The number of hydrogen-bond donors (Lipinski definition) is 0. The Kier molecular flexibility index (Phi) is 7.79. The molecule has 0 spiro atoms. The fourth-order valence-corrected chi connectivity index (χ4v) is 4.38. The van der Waals surface area contributed by atoms with Crippen LogP contribution in [0.5, 0.6) is 11.5 Å². The van der Waals surface area contributed by atoms with Crippen molar-refractivity contribution in [3.63, 3.8) is 0 Å². The van der Waals surface area contributed by atoms with E-state index in [-0.39, 0.29) is 11.5 Å². The van der Waals surface area contributed by atoms with Gasteiger partial charge in [0.05, 0.1) is 5.56 Å². The van der Waals surface area contributed by atoms with E-state index in [0.29, 0.717) is 5.56 Å². The lowest BCUT2D eigenvalue weighted by Crippen LogP contribution is -2.29. The van der Waals surface area contributed by atoms with Gasteiger partial charge in [-0.05, 0) is 104 Å². The molecule has 2 rings (SSSR count). The molecular weight excluding hydrogens is 724 g/mol. The maximum absolute atomic E-state index is 13.1. The molecule has 27 heavy (non-hydrogen) atoms. The summed E-state index contributed by atoms with van der Waals surface area (Å²) in [5, 5.41) is 0. The van der Waals surface area contributed by atoms with E-state index in [4.69, 9.17) is 4.74 Å². The Balaban J connectivity index is 2.10. The lowest BCUT2D eigenvalue weighted by molar-refractivity contribution is -0.137. The molecule has 0 aliphatic rings. The number of halogens is 4. The molecule has 0 aliphatic heterocycles. The number of hydrogen-bond acceptors (Lipinski definition) is 7. The van der Waals surface area contributed by atoms with Gasteiger partial charge in [-0.3, -0.25) is 0 Å². The van der Waals surface area contributed by atoms with Gasteiger partial charge in [0.25, 0.3) is 5.50 Å². The maximum atomic E-state index is 13.1. The van der Waals surface area contributed by atoms with E-state index in [1.54, 1.807) is 6.07 Å². The average Bonchev–Trinajstić information content (AvgIpc) is 2.58. The largest absolute Gasteiger partial charge is 0.745 e. The second-order valence-electron chi connectivity index (χ2n) is 4.84. The van der Waals surface area contributed by atoms with Crippen LogP contribution in [0.4, 0.5) is 4.39 Å². The second-order valence-corrected chi connectivity index (χ2v) is 9.73. The van der Waals surface area contributed by atoms with Gasteiger partial charge in [0, 0.05) is 10.7 Å². The molecule has 0 radical (unpaired) electrons. The zero-order valence-corrected chi connectivity index (χ0v) is 20.1. The number of alkyl halides is 1. The molecule has 7 nitrogen and oxygen atoms in total. The zero-order valence-electron chi connectivity index (χ0n) is 12.8. The third-order valence-corrected chi connectivity index (χ3v) is 7.27. The Hall–Kier alpha value is -0.590. The van der Waals surface area contributed by atoms with Gasteiger partial charge in [0.1, 0.15) is 21.6 Å². The normalized spacial score (nSPS) is 12.3. The van der Waals surface area contributed by atoms with Crippen LogP contribution < -0.4 is 9.47 Å². The molecule has 2 aromatic rings. The van der Waals surface area contributed by atoms with Gasteiger partial charge >= 0.3 is 11.9 Å². The van der Waals surface area contributed by atoms with Crippen molar-refractivity contribution in [2.75, 3.05) is 0 Å². The summed E-state index contributed by atoms with van der Waals surface area (Å²) in [6.45, 7) is 0. The van der Waals surface area contributed by atoms with Crippen molar-refractivity contribution in [2.24, 2.45) is 0 Å². The van der Waals surface area contributed by atoms with Crippen LogP contribution in [0.25, 0.3) is 0 Å². The number of esters is 2. The lowest BCUT2D eigenvalue weighted by atomic mass is 10.2. The summed E-state index contributed by atoms with van der Waals surface area (Å²) in [4.78, 5) is 23.6. The van der Waals surface area contributed by atoms with E-state index in [1.165, 1.54) is 12.1 Å². The predicted octanol–water partition coefficient (Wildman–Crippen LogP) is 3.47. The smallest absolute Gasteiger partial charge is 0.360 e. The topological polar surface area (TPSA) is 110 Å². The fourth-order valence-electron chi connectivity index (χ4n) is 1.72. The number of carbonyl (C=O) groups is 2. The molecule has 144 valence electrons. The highest BCUT2D eigenvalue weighted by molar-refractivity contribution is 14.1. The minimum Gasteiger partial charge on any atom is -0.745 e. The molecule has 1 unspecified atom stereocenters. The van der Waals surface area contributed by atoms with Gasteiger partial charge in [-0.25, -0.2) is 22.4 Å². The summed E-state index contributed by atoms with van der Waals surface area (Å²) < 4.78 is 56.6. The molecule has 2 aromatic carbocycles. The first-order valence-electron chi connectivity index (χ1n) is 6.76. The van der Waals surface area contributed by atoms with Crippen LogP contribution in [0.3, 0.4) is 0 Å². The van der Waals surface area contributed by atoms with E-state index in [1.807, 2.05) is 28.7 Å². The Morgan fingerprint density at radius 2 is 1.52 bits per heavy atom. The van der Waals surface area contributed by atoms with Crippen LogP contribution >= 0.6 is 67.8 Å². The standard InChI is InChI=1S/C15H8FI3O7S/c16-13(27(22,23)24)15(21)26-9-3-1-8(2-4-9)25-14(20)10-5-7(17)6-11(18)12(10)19/h1-6,13H,(H,22,23,24)/p-1. The quantitative estimate of drug-likeness (QED) is 0.153. The van der Waals surface area contributed by atoms with Crippen molar-refractivity contribution in [2.45, 2.75) is 5.50 Å². The van der Waals surface area contributed by atoms with Gasteiger partial charge in [-0.2, -0.15) is 0 Å². The highest BCUT2D eigenvalue weighted by Gasteiger charge is 2.26. The molecule has 0 aromatic heterocycles. The first-order valence-corrected chi connectivity index (χ1v) is 11.5. The molecule has 0 N–H and O–H groups in total. The molecule has 0 aliphatic carbocycles. The average molecular weight is 731 g/mol. The zero-order chi connectivity index (χ0) is 20.4. The molecule has 0 heterocycles. The third-order valence-electron chi connectivity index (χ3n) is 2.90. The van der Waals surface area contributed by atoms with Crippen molar-refractivity contribution < 1.29 is 36.4 Å². The minimum absolute atomic E-state index is 0.123. The van der Waals surface area contributed by atoms with E-state index in [0.717, 1.165) is 22.8 Å². The van der Waals surface area contributed by atoms with Crippen molar-refractivity contribution in [1.29, 1.82) is 0 Å². The van der Waals surface area contributed by atoms with Crippen LogP contribution in [0, 0.1) is 10.7 Å².